The molecule has 4 nitrogen and oxygen atoms in total. The van der Waals surface area contributed by atoms with E-state index in [4.69, 9.17) is 21.8 Å². The van der Waals surface area contributed by atoms with Crippen LogP contribution < -0.4 is 6.15 Å². The molecule has 80 valence electrons. The SMILES string of the molecule is CCO.N.O=C(O)c1ccccc1Cl. The number of carbonyl (C=O) groups is 1. The van der Waals surface area contributed by atoms with Crippen molar-refractivity contribution in [2.75, 3.05) is 6.61 Å². The van der Waals surface area contributed by atoms with E-state index in [0.29, 0.717) is 0 Å². The largest absolute Gasteiger partial charge is 0.478 e. The van der Waals surface area contributed by atoms with E-state index in [1.54, 1.807) is 25.1 Å². The van der Waals surface area contributed by atoms with Crippen LogP contribution in [0.3, 0.4) is 0 Å². The Morgan fingerprint density at radius 2 is 1.86 bits per heavy atom. The first-order chi connectivity index (χ1) is 6.13. The van der Waals surface area contributed by atoms with Crippen LogP contribution in [-0.4, -0.2) is 22.8 Å². The molecule has 0 aliphatic rings. The molecule has 0 spiro atoms. The predicted molar refractivity (Wildman–Crippen MR) is 56.2 cm³/mol. The van der Waals surface area contributed by atoms with Gasteiger partial charge in [-0.25, -0.2) is 4.79 Å². The Labute approximate surface area is 87.7 Å². The molecule has 0 bridgehead atoms. The zero-order valence-corrected chi connectivity index (χ0v) is 8.66. The number of halogens is 1. The number of aliphatic hydroxyl groups is 1. The van der Waals surface area contributed by atoms with E-state index >= 15 is 0 Å². The van der Waals surface area contributed by atoms with E-state index in [-0.39, 0.29) is 23.3 Å². The summed E-state index contributed by atoms with van der Waals surface area (Å²) < 4.78 is 0. The number of aromatic carboxylic acids is 1. The second-order valence-corrected chi connectivity index (χ2v) is 2.51. The molecule has 0 atom stereocenters. The van der Waals surface area contributed by atoms with Crippen LogP contribution >= 0.6 is 11.6 Å². The lowest BCUT2D eigenvalue weighted by atomic mass is 10.2. The number of carboxylic acids is 1. The Bertz CT molecular complexity index is 279. The molecule has 0 aromatic heterocycles. The van der Waals surface area contributed by atoms with Crippen molar-refractivity contribution in [2.45, 2.75) is 6.92 Å². The third-order valence-corrected chi connectivity index (χ3v) is 1.43. The Hall–Kier alpha value is -1.10. The summed E-state index contributed by atoms with van der Waals surface area (Å²) in [5.74, 6) is -0.995. The third kappa shape index (κ3) is 5.53. The number of rotatable bonds is 1. The van der Waals surface area contributed by atoms with Crippen LogP contribution in [0.1, 0.15) is 17.3 Å². The normalized spacial score (nSPS) is 7.93. The lowest BCUT2D eigenvalue weighted by molar-refractivity contribution is 0.0697. The molecule has 0 aliphatic carbocycles. The first-order valence-corrected chi connectivity index (χ1v) is 4.10. The maximum atomic E-state index is 10.3. The molecule has 1 aromatic rings. The molecular weight excluding hydrogens is 206 g/mol. The molecule has 5 heteroatoms. The van der Waals surface area contributed by atoms with Crippen molar-refractivity contribution in [3.8, 4) is 0 Å². The van der Waals surface area contributed by atoms with Gasteiger partial charge in [0.05, 0.1) is 10.6 Å². The summed E-state index contributed by atoms with van der Waals surface area (Å²) in [6.07, 6.45) is 0. The zero-order chi connectivity index (χ0) is 10.3. The maximum Gasteiger partial charge on any atom is 0.337 e. The monoisotopic (exact) mass is 219 g/mol. The van der Waals surface area contributed by atoms with Crippen molar-refractivity contribution >= 4 is 17.6 Å². The van der Waals surface area contributed by atoms with Gasteiger partial charge in [0.2, 0.25) is 0 Å². The molecule has 0 saturated carbocycles. The summed E-state index contributed by atoms with van der Waals surface area (Å²) in [5, 5.41) is 16.3. The quantitative estimate of drug-likeness (QED) is 0.675. The van der Waals surface area contributed by atoms with Crippen LogP contribution in [0, 0.1) is 0 Å². The van der Waals surface area contributed by atoms with E-state index in [0.717, 1.165) is 0 Å². The minimum atomic E-state index is -0.995. The molecule has 14 heavy (non-hydrogen) atoms. The highest BCUT2D eigenvalue weighted by molar-refractivity contribution is 6.33. The van der Waals surface area contributed by atoms with Gasteiger partial charge in [-0.2, -0.15) is 0 Å². The van der Waals surface area contributed by atoms with Crippen LogP contribution in [0.2, 0.25) is 5.02 Å². The third-order valence-electron chi connectivity index (χ3n) is 1.10. The first kappa shape index (κ1) is 15.4. The molecule has 1 aromatic carbocycles. The molecule has 0 amide bonds. The molecule has 1 rings (SSSR count). The van der Waals surface area contributed by atoms with Crippen molar-refractivity contribution in [1.82, 2.24) is 6.15 Å². The minimum Gasteiger partial charge on any atom is -0.478 e. The number of hydrogen-bond acceptors (Lipinski definition) is 3. The molecule has 0 saturated heterocycles. The Morgan fingerprint density at radius 1 is 1.43 bits per heavy atom. The topological polar surface area (TPSA) is 92.5 Å². The summed E-state index contributed by atoms with van der Waals surface area (Å²) >= 11 is 5.54. The van der Waals surface area contributed by atoms with Crippen molar-refractivity contribution < 1.29 is 15.0 Å². The fourth-order valence-electron chi connectivity index (χ4n) is 0.635. The smallest absolute Gasteiger partial charge is 0.337 e. The van der Waals surface area contributed by atoms with Gasteiger partial charge in [0.1, 0.15) is 0 Å². The predicted octanol–water partition coefficient (Wildman–Crippen LogP) is 2.20. The lowest BCUT2D eigenvalue weighted by Crippen LogP contribution is -1.95. The second-order valence-electron chi connectivity index (χ2n) is 2.10. The van der Waals surface area contributed by atoms with Crippen LogP contribution in [0.25, 0.3) is 0 Å². The molecule has 0 radical (unpaired) electrons. The van der Waals surface area contributed by atoms with Gasteiger partial charge in [0.25, 0.3) is 0 Å². The first-order valence-electron chi connectivity index (χ1n) is 3.72. The van der Waals surface area contributed by atoms with Gasteiger partial charge in [-0.1, -0.05) is 23.7 Å². The minimum absolute atomic E-state index is 0. The highest BCUT2D eigenvalue weighted by atomic mass is 35.5. The Kier molecular flexibility index (Phi) is 9.33. The average molecular weight is 220 g/mol. The lowest BCUT2D eigenvalue weighted by Gasteiger charge is -1.94. The molecule has 0 heterocycles. The van der Waals surface area contributed by atoms with Gasteiger partial charge in [-0.3, -0.25) is 0 Å². The fourth-order valence-corrected chi connectivity index (χ4v) is 0.851. The second kappa shape index (κ2) is 8.50. The van der Waals surface area contributed by atoms with E-state index in [9.17, 15) is 4.79 Å². The van der Waals surface area contributed by atoms with Gasteiger partial charge in [0, 0.05) is 6.61 Å². The van der Waals surface area contributed by atoms with Crippen LogP contribution in [0.15, 0.2) is 24.3 Å². The standard InChI is InChI=1S/C7H5ClO2.C2H6O.H3N/c8-6-4-2-1-3-5(6)7(9)10;1-2-3;/h1-4H,(H,9,10);3H,2H2,1H3;1H3. The number of hydrogen-bond donors (Lipinski definition) is 3. The fraction of sp³-hybridized carbons (Fsp3) is 0.222. The van der Waals surface area contributed by atoms with Gasteiger partial charge < -0.3 is 16.4 Å². The highest BCUT2D eigenvalue weighted by Gasteiger charge is 2.04. The van der Waals surface area contributed by atoms with Gasteiger partial charge in [0.15, 0.2) is 0 Å². The summed E-state index contributed by atoms with van der Waals surface area (Å²) in [6.45, 7) is 1.93. The van der Waals surface area contributed by atoms with Crippen molar-refractivity contribution in [2.24, 2.45) is 0 Å². The zero-order valence-electron chi connectivity index (χ0n) is 7.90. The summed E-state index contributed by atoms with van der Waals surface area (Å²) in [7, 11) is 0. The van der Waals surface area contributed by atoms with Crippen molar-refractivity contribution in [1.29, 1.82) is 0 Å². The number of benzene rings is 1. The summed E-state index contributed by atoms with van der Waals surface area (Å²) in [4.78, 5) is 10.3. The summed E-state index contributed by atoms with van der Waals surface area (Å²) in [6, 6.07) is 6.33. The Morgan fingerprint density at radius 3 is 2.14 bits per heavy atom. The van der Waals surface area contributed by atoms with Gasteiger partial charge >= 0.3 is 5.97 Å². The van der Waals surface area contributed by atoms with Crippen LogP contribution in [-0.2, 0) is 0 Å². The van der Waals surface area contributed by atoms with Gasteiger partial charge in [-0.15, -0.1) is 0 Å². The maximum absolute atomic E-state index is 10.3. The van der Waals surface area contributed by atoms with Crippen molar-refractivity contribution in [3.63, 3.8) is 0 Å². The van der Waals surface area contributed by atoms with Crippen molar-refractivity contribution in [3.05, 3.63) is 34.9 Å². The van der Waals surface area contributed by atoms with E-state index in [2.05, 4.69) is 0 Å². The molecule has 0 fully saturated rings. The van der Waals surface area contributed by atoms with E-state index < -0.39 is 5.97 Å². The van der Waals surface area contributed by atoms with Crippen LogP contribution in [0.4, 0.5) is 0 Å². The summed E-state index contributed by atoms with van der Waals surface area (Å²) in [5.41, 5.74) is 0.143. The number of carboxylic acid groups (broad SMARTS) is 1. The van der Waals surface area contributed by atoms with E-state index in [1.165, 1.54) is 6.07 Å². The highest BCUT2D eigenvalue weighted by Crippen LogP contribution is 2.13. The van der Waals surface area contributed by atoms with Gasteiger partial charge in [-0.05, 0) is 19.1 Å². The molecule has 0 aliphatic heterocycles. The Balaban J connectivity index is 0. The number of aliphatic hydroxyl groups excluding tert-OH is 1. The molecular formula is C9H14ClNO3. The molecule has 0 unspecified atom stereocenters. The molecule has 5 N–H and O–H groups in total. The van der Waals surface area contributed by atoms with Crippen LogP contribution in [0.5, 0.6) is 0 Å². The average Bonchev–Trinajstić information content (AvgIpc) is 2.06. The van der Waals surface area contributed by atoms with E-state index in [1.807, 2.05) is 0 Å².